The third-order valence-corrected chi connectivity index (χ3v) is 4.84. The number of rotatable bonds is 8. The largest absolute Gasteiger partial charge is 0.463 e. The van der Waals surface area contributed by atoms with Crippen LogP contribution in [0.2, 0.25) is 0 Å². The Bertz CT molecular complexity index is 910. The summed E-state index contributed by atoms with van der Waals surface area (Å²) in [5, 5.41) is 2.92. The normalized spacial score (nSPS) is 13.9. The standard InChI is InChI=1S/C23H28N2O7/c1-6-30-21(27)18-14(3)24-15(4)19(22(28)31-7-2)20(18)23(29)32-13-17(26)25(5)16-11-9-8-10-12-16/h8-12,20,24H,6-7,13H2,1-5H3. The summed E-state index contributed by atoms with van der Waals surface area (Å²) in [6.07, 6.45) is 0. The summed E-state index contributed by atoms with van der Waals surface area (Å²) < 4.78 is 15.4. The van der Waals surface area contributed by atoms with Crippen molar-refractivity contribution in [2.75, 3.05) is 31.8 Å². The molecule has 0 saturated carbocycles. The number of hydrogen-bond donors (Lipinski definition) is 1. The van der Waals surface area contributed by atoms with Crippen LogP contribution in [0.4, 0.5) is 5.69 Å². The zero-order valence-corrected chi connectivity index (χ0v) is 18.9. The maximum absolute atomic E-state index is 13.1. The van der Waals surface area contributed by atoms with Crippen LogP contribution < -0.4 is 10.2 Å². The molecule has 0 aliphatic carbocycles. The molecule has 0 spiro atoms. The minimum atomic E-state index is -1.39. The van der Waals surface area contributed by atoms with Gasteiger partial charge in [-0.25, -0.2) is 9.59 Å². The summed E-state index contributed by atoms with van der Waals surface area (Å²) in [4.78, 5) is 52.2. The van der Waals surface area contributed by atoms with Crippen molar-refractivity contribution in [1.29, 1.82) is 0 Å². The molecule has 0 saturated heterocycles. The lowest BCUT2D eigenvalue weighted by atomic mass is 9.85. The third kappa shape index (κ3) is 5.54. The molecule has 9 nitrogen and oxygen atoms in total. The van der Waals surface area contributed by atoms with Gasteiger partial charge >= 0.3 is 17.9 Å². The minimum Gasteiger partial charge on any atom is -0.463 e. The van der Waals surface area contributed by atoms with Gasteiger partial charge in [-0.2, -0.15) is 0 Å². The summed E-state index contributed by atoms with van der Waals surface area (Å²) in [5.41, 5.74) is 1.21. The molecule has 0 aromatic heterocycles. The van der Waals surface area contributed by atoms with Crippen molar-refractivity contribution < 1.29 is 33.4 Å². The number of dihydropyridines is 1. The van der Waals surface area contributed by atoms with E-state index in [1.807, 2.05) is 6.07 Å². The van der Waals surface area contributed by atoms with Crippen molar-refractivity contribution in [3.63, 3.8) is 0 Å². The van der Waals surface area contributed by atoms with Crippen molar-refractivity contribution in [3.8, 4) is 0 Å². The van der Waals surface area contributed by atoms with Crippen molar-refractivity contribution in [3.05, 3.63) is 52.9 Å². The molecule has 1 heterocycles. The Morgan fingerprint density at radius 3 is 1.84 bits per heavy atom. The number of carbonyl (C=O) groups excluding carboxylic acids is 4. The number of hydrogen-bond acceptors (Lipinski definition) is 8. The van der Waals surface area contributed by atoms with E-state index in [-0.39, 0.29) is 24.4 Å². The van der Waals surface area contributed by atoms with Gasteiger partial charge in [0.25, 0.3) is 5.91 Å². The highest BCUT2D eigenvalue weighted by Gasteiger charge is 2.42. The van der Waals surface area contributed by atoms with Gasteiger partial charge in [0.1, 0.15) is 5.92 Å². The first-order valence-electron chi connectivity index (χ1n) is 10.2. The average Bonchev–Trinajstić information content (AvgIpc) is 2.76. The molecule has 9 heteroatoms. The highest BCUT2D eigenvalue weighted by Crippen LogP contribution is 2.32. The maximum Gasteiger partial charge on any atom is 0.337 e. The number of allylic oxidation sites excluding steroid dienone is 2. The van der Waals surface area contributed by atoms with E-state index in [1.54, 1.807) is 59.0 Å². The van der Waals surface area contributed by atoms with E-state index in [2.05, 4.69) is 5.32 Å². The van der Waals surface area contributed by atoms with Crippen LogP contribution in [-0.4, -0.2) is 50.7 Å². The van der Waals surface area contributed by atoms with Crippen molar-refractivity contribution in [1.82, 2.24) is 5.32 Å². The van der Waals surface area contributed by atoms with E-state index in [4.69, 9.17) is 14.2 Å². The fraction of sp³-hybridized carbons (Fsp3) is 0.391. The Hall–Kier alpha value is -3.62. The first-order valence-corrected chi connectivity index (χ1v) is 10.2. The van der Waals surface area contributed by atoms with Gasteiger partial charge in [0.05, 0.1) is 24.4 Å². The Morgan fingerprint density at radius 1 is 0.875 bits per heavy atom. The Labute approximate surface area is 187 Å². The number of nitrogens with zero attached hydrogens (tertiary/aromatic N) is 1. The van der Waals surface area contributed by atoms with Crippen LogP contribution in [0.25, 0.3) is 0 Å². The number of anilines is 1. The Morgan fingerprint density at radius 2 is 1.38 bits per heavy atom. The van der Waals surface area contributed by atoms with Gasteiger partial charge in [0.15, 0.2) is 6.61 Å². The van der Waals surface area contributed by atoms with Crippen molar-refractivity contribution in [2.24, 2.45) is 5.92 Å². The van der Waals surface area contributed by atoms with E-state index in [0.29, 0.717) is 17.1 Å². The fourth-order valence-electron chi connectivity index (χ4n) is 3.30. The molecule has 1 aromatic rings. The molecule has 172 valence electrons. The van der Waals surface area contributed by atoms with Crippen LogP contribution in [-0.2, 0) is 33.4 Å². The van der Waals surface area contributed by atoms with E-state index in [1.165, 1.54) is 4.90 Å². The monoisotopic (exact) mass is 444 g/mol. The van der Waals surface area contributed by atoms with Gasteiger partial charge in [0.2, 0.25) is 0 Å². The zero-order valence-electron chi connectivity index (χ0n) is 18.9. The molecule has 0 fully saturated rings. The topological polar surface area (TPSA) is 111 Å². The van der Waals surface area contributed by atoms with E-state index in [0.717, 1.165) is 0 Å². The summed E-state index contributed by atoms with van der Waals surface area (Å²) in [6, 6.07) is 8.85. The first kappa shape index (κ1) is 24.6. The molecular weight excluding hydrogens is 416 g/mol. The molecular formula is C23H28N2O7. The lowest BCUT2D eigenvalue weighted by Crippen LogP contribution is -2.39. The van der Waals surface area contributed by atoms with Crippen LogP contribution in [0, 0.1) is 5.92 Å². The second-order valence-electron chi connectivity index (χ2n) is 6.97. The molecule has 1 aromatic carbocycles. The third-order valence-electron chi connectivity index (χ3n) is 4.84. The number of esters is 3. The number of para-hydroxylation sites is 1. The molecule has 1 amide bonds. The van der Waals surface area contributed by atoms with Crippen LogP contribution in [0.3, 0.4) is 0 Å². The Kier molecular flexibility index (Phi) is 8.57. The smallest absolute Gasteiger partial charge is 0.337 e. The highest BCUT2D eigenvalue weighted by molar-refractivity contribution is 6.06. The van der Waals surface area contributed by atoms with Gasteiger partial charge in [-0.3, -0.25) is 9.59 Å². The molecule has 1 N–H and O–H groups in total. The molecule has 0 atom stereocenters. The second-order valence-corrected chi connectivity index (χ2v) is 6.97. The number of amides is 1. The number of benzene rings is 1. The number of nitrogens with one attached hydrogen (secondary N) is 1. The summed E-state index contributed by atoms with van der Waals surface area (Å²) >= 11 is 0. The zero-order chi connectivity index (χ0) is 23.8. The first-order chi connectivity index (χ1) is 15.2. The quantitative estimate of drug-likeness (QED) is 0.479. The van der Waals surface area contributed by atoms with Crippen LogP contribution in [0.5, 0.6) is 0 Å². The molecule has 32 heavy (non-hydrogen) atoms. The SMILES string of the molecule is CCOC(=O)C1=C(C)NC(C)=C(C(=O)OCC)C1C(=O)OCC(=O)N(C)c1ccccc1. The number of carbonyl (C=O) groups is 4. The summed E-state index contributed by atoms with van der Waals surface area (Å²) in [7, 11) is 1.55. The van der Waals surface area contributed by atoms with E-state index >= 15 is 0 Å². The number of ether oxygens (including phenoxy) is 3. The second kappa shape index (κ2) is 11.1. The highest BCUT2D eigenvalue weighted by atomic mass is 16.5. The van der Waals surface area contributed by atoms with Gasteiger partial charge < -0.3 is 24.4 Å². The van der Waals surface area contributed by atoms with Gasteiger partial charge in [0, 0.05) is 24.1 Å². The predicted octanol–water partition coefficient (Wildman–Crippen LogP) is 2.09. The maximum atomic E-state index is 13.1. The number of likely N-dealkylation sites (N-methyl/N-ethyl adjacent to an activating group) is 1. The average molecular weight is 444 g/mol. The fourth-order valence-corrected chi connectivity index (χ4v) is 3.30. The molecule has 0 unspecified atom stereocenters. The van der Waals surface area contributed by atoms with E-state index in [9.17, 15) is 19.2 Å². The Balaban J connectivity index is 2.30. The summed E-state index contributed by atoms with van der Waals surface area (Å²) in [6.45, 7) is 6.02. The van der Waals surface area contributed by atoms with Gasteiger partial charge in [-0.15, -0.1) is 0 Å². The van der Waals surface area contributed by atoms with Crippen LogP contribution in [0.1, 0.15) is 27.7 Å². The molecule has 1 aliphatic heterocycles. The molecule has 0 bridgehead atoms. The molecule has 0 radical (unpaired) electrons. The lowest BCUT2D eigenvalue weighted by Gasteiger charge is -2.28. The summed E-state index contributed by atoms with van der Waals surface area (Å²) in [5.74, 6) is -4.31. The van der Waals surface area contributed by atoms with Crippen LogP contribution >= 0.6 is 0 Å². The van der Waals surface area contributed by atoms with Crippen LogP contribution in [0.15, 0.2) is 52.9 Å². The van der Waals surface area contributed by atoms with Crippen molar-refractivity contribution in [2.45, 2.75) is 27.7 Å². The van der Waals surface area contributed by atoms with Crippen molar-refractivity contribution >= 4 is 29.5 Å². The predicted molar refractivity (Wildman–Crippen MR) is 116 cm³/mol. The molecule has 2 rings (SSSR count). The minimum absolute atomic E-state index is 0.0608. The molecule has 1 aliphatic rings. The van der Waals surface area contributed by atoms with E-state index < -0.39 is 36.3 Å². The van der Waals surface area contributed by atoms with Gasteiger partial charge in [-0.1, -0.05) is 18.2 Å². The van der Waals surface area contributed by atoms with Gasteiger partial charge in [-0.05, 0) is 39.8 Å². The lowest BCUT2D eigenvalue weighted by molar-refractivity contribution is -0.153.